The van der Waals surface area contributed by atoms with E-state index in [1.54, 1.807) is 5.57 Å². The predicted octanol–water partition coefficient (Wildman–Crippen LogP) is 8.30. The van der Waals surface area contributed by atoms with Crippen LogP contribution in [-0.2, 0) is 4.74 Å². The van der Waals surface area contributed by atoms with Gasteiger partial charge in [-0.1, -0.05) is 97.4 Å². The maximum Gasteiger partial charge on any atom is 0.0801 e. The van der Waals surface area contributed by atoms with Crippen LogP contribution in [0.4, 0.5) is 0 Å². The normalized spacial score (nSPS) is 19.4. The summed E-state index contributed by atoms with van der Waals surface area (Å²) in [7, 11) is 0. The summed E-state index contributed by atoms with van der Waals surface area (Å²) < 4.78 is 5.92. The van der Waals surface area contributed by atoms with Crippen LogP contribution in [0.5, 0.6) is 0 Å². The number of allylic oxidation sites excluding steroid dienone is 9. The highest BCUT2D eigenvalue weighted by Crippen LogP contribution is 2.40. The molecule has 0 amide bonds. The molecular weight excluding hydrogens is 352 g/mol. The molecule has 156 valence electrons. The molecule has 0 aliphatic heterocycles. The van der Waals surface area contributed by atoms with Crippen molar-refractivity contribution in [3.8, 4) is 0 Å². The first-order chi connectivity index (χ1) is 13.8. The van der Waals surface area contributed by atoms with Gasteiger partial charge in [-0.25, -0.2) is 0 Å². The average Bonchev–Trinajstić information content (AvgIpc) is 2.67. The summed E-state index contributed by atoms with van der Waals surface area (Å²) in [6.07, 6.45) is 17.1. The van der Waals surface area contributed by atoms with Gasteiger partial charge in [-0.3, -0.25) is 0 Å². The number of hydrogen-bond acceptors (Lipinski definition) is 1. The monoisotopic (exact) mass is 390 g/mol. The highest BCUT2D eigenvalue weighted by Gasteiger charge is 2.26. The lowest BCUT2D eigenvalue weighted by atomic mass is 9.72. The molecule has 1 aromatic rings. The van der Waals surface area contributed by atoms with Crippen LogP contribution in [0.3, 0.4) is 0 Å². The molecule has 1 nitrogen and oxygen atoms in total. The fourth-order valence-electron chi connectivity index (χ4n) is 3.84. The van der Waals surface area contributed by atoms with Gasteiger partial charge in [-0.15, -0.1) is 0 Å². The van der Waals surface area contributed by atoms with Gasteiger partial charge in [-0.05, 0) is 63.5 Å². The zero-order chi connectivity index (χ0) is 21.3. The summed E-state index contributed by atoms with van der Waals surface area (Å²) in [6.45, 7) is 14.0. The van der Waals surface area contributed by atoms with Crippen LogP contribution in [0.1, 0.15) is 72.5 Å². The van der Waals surface area contributed by atoms with Crippen molar-refractivity contribution in [2.24, 2.45) is 5.41 Å². The van der Waals surface area contributed by atoms with E-state index >= 15 is 0 Å². The van der Waals surface area contributed by atoms with Crippen LogP contribution in [0.2, 0.25) is 0 Å². The molecule has 0 heterocycles. The lowest BCUT2D eigenvalue weighted by Gasteiger charge is -2.32. The fourth-order valence-corrected chi connectivity index (χ4v) is 3.84. The second kappa shape index (κ2) is 11.2. The molecule has 1 atom stereocenters. The maximum absolute atomic E-state index is 5.92. The molecule has 1 unspecified atom stereocenters. The number of hydrogen-bond donors (Lipinski definition) is 0. The third kappa shape index (κ3) is 7.66. The van der Waals surface area contributed by atoms with Crippen molar-refractivity contribution >= 4 is 0 Å². The SMILES string of the molecule is CC(C=CC1=C(C)CCCC1(C)C)=CC=CC(C)=CCOC(C)c1ccccc1. The first kappa shape index (κ1) is 23.2. The highest BCUT2D eigenvalue weighted by atomic mass is 16.5. The molecule has 0 spiro atoms. The van der Waals surface area contributed by atoms with E-state index in [0.717, 1.165) is 0 Å². The first-order valence-electron chi connectivity index (χ1n) is 10.9. The van der Waals surface area contributed by atoms with E-state index in [0.29, 0.717) is 12.0 Å². The lowest BCUT2D eigenvalue weighted by Crippen LogP contribution is -2.19. The number of ether oxygens (including phenoxy) is 1. The molecule has 0 radical (unpaired) electrons. The van der Waals surface area contributed by atoms with Crippen molar-refractivity contribution in [1.82, 2.24) is 0 Å². The van der Waals surface area contributed by atoms with Gasteiger partial charge in [-0.2, -0.15) is 0 Å². The zero-order valence-electron chi connectivity index (χ0n) is 19.2. The minimum atomic E-state index is 0.110. The Morgan fingerprint density at radius 1 is 1.10 bits per heavy atom. The van der Waals surface area contributed by atoms with Crippen molar-refractivity contribution in [3.05, 3.63) is 94.6 Å². The van der Waals surface area contributed by atoms with Crippen molar-refractivity contribution in [3.63, 3.8) is 0 Å². The van der Waals surface area contributed by atoms with Crippen molar-refractivity contribution in [2.75, 3.05) is 6.61 Å². The van der Waals surface area contributed by atoms with E-state index in [4.69, 9.17) is 4.74 Å². The van der Waals surface area contributed by atoms with Crippen LogP contribution in [0.15, 0.2) is 89.1 Å². The Bertz CT molecular complexity index is 800. The van der Waals surface area contributed by atoms with E-state index in [-0.39, 0.29) is 6.10 Å². The molecule has 1 heteroatoms. The van der Waals surface area contributed by atoms with Gasteiger partial charge in [0.1, 0.15) is 0 Å². The Morgan fingerprint density at radius 3 is 2.52 bits per heavy atom. The van der Waals surface area contributed by atoms with Crippen LogP contribution < -0.4 is 0 Å². The van der Waals surface area contributed by atoms with Gasteiger partial charge in [0.25, 0.3) is 0 Å². The van der Waals surface area contributed by atoms with Crippen molar-refractivity contribution in [2.45, 2.75) is 66.9 Å². The summed E-state index contributed by atoms with van der Waals surface area (Å²) in [5.74, 6) is 0. The van der Waals surface area contributed by atoms with E-state index in [2.05, 4.69) is 102 Å². The molecule has 2 rings (SSSR count). The van der Waals surface area contributed by atoms with Gasteiger partial charge < -0.3 is 4.74 Å². The van der Waals surface area contributed by atoms with E-state index in [9.17, 15) is 0 Å². The Labute approximate surface area is 178 Å². The first-order valence-corrected chi connectivity index (χ1v) is 10.9. The molecule has 0 fully saturated rings. The van der Waals surface area contributed by atoms with Crippen molar-refractivity contribution < 1.29 is 4.74 Å². The quantitative estimate of drug-likeness (QED) is 0.406. The van der Waals surface area contributed by atoms with Crippen LogP contribution in [-0.4, -0.2) is 6.61 Å². The summed E-state index contributed by atoms with van der Waals surface area (Å²) in [5, 5.41) is 0. The average molecular weight is 391 g/mol. The van der Waals surface area contributed by atoms with Gasteiger partial charge in [0.2, 0.25) is 0 Å². The molecule has 1 aliphatic rings. The Hall–Kier alpha value is -2.12. The molecule has 1 aliphatic carbocycles. The van der Waals surface area contributed by atoms with Crippen LogP contribution in [0.25, 0.3) is 0 Å². The Kier molecular flexibility index (Phi) is 8.92. The van der Waals surface area contributed by atoms with Crippen LogP contribution in [0, 0.1) is 5.41 Å². The van der Waals surface area contributed by atoms with Gasteiger partial charge in [0.05, 0.1) is 12.7 Å². The molecule has 0 saturated carbocycles. The van der Waals surface area contributed by atoms with Crippen molar-refractivity contribution in [1.29, 1.82) is 0 Å². The predicted molar refractivity (Wildman–Crippen MR) is 127 cm³/mol. The topological polar surface area (TPSA) is 9.23 Å². The largest absolute Gasteiger partial charge is 0.370 e. The smallest absolute Gasteiger partial charge is 0.0801 e. The number of benzene rings is 1. The molecule has 1 aromatic carbocycles. The second-order valence-electron chi connectivity index (χ2n) is 8.87. The standard InChI is InChI=1S/C28H38O/c1-22(17-18-27-24(3)14-11-20-28(27,5)6)12-10-13-23(2)19-21-29-25(4)26-15-8-7-9-16-26/h7-10,12-13,15-19,25H,11,14,20-21H2,1-6H3. The summed E-state index contributed by atoms with van der Waals surface area (Å²) >= 11 is 0. The van der Waals surface area contributed by atoms with E-state index in [1.165, 1.54) is 41.5 Å². The minimum absolute atomic E-state index is 0.110. The molecular formula is C28H38O. The van der Waals surface area contributed by atoms with E-state index in [1.807, 2.05) is 6.07 Å². The van der Waals surface area contributed by atoms with Crippen LogP contribution >= 0.6 is 0 Å². The van der Waals surface area contributed by atoms with Gasteiger partial charge in [0, 0.05) is 0 Å². The highest BCUT2D eigenvalue weighted by molar-refractivity contribution is 5.37. The van der Waals surface area contributed by atoms with Gasteiger partial charge >= 0.3 is 0 Å². The summed E-state index contributed by atoms with van der Waals surface area (Å²) in [6, 6.07) is 10.3. The molecule has 0 aromatic heterocycles. The van der Waals surface area contributed by atoms with Gasteiger partial charge in [0.15, 0.2) is 0 Å². The fraction of sp³-hybridized carbons (Fsp3) is 0.429. The molecule has 0 N–H and O–H groups in total. The molecule has 29 heavy (non-hydrogen) atoms. The third-order valence-electron chi connectivity index (χ3n) is 5.79. The van der Waals surface area contributed by atoms with E-state index < -0.39 is 0 Å². The minimum Gasteiger partial charge on any atom is -0.370 e. The third-order valence-corrected chi connectivity index (χ3v) is 5.79. The number of rotatable bonds is 8. The maximum atomic E-state index is 5.92. The Morgan fingerprint density at radius 2 is 1.83 bits per heavy atom. The zero-order valence-corrected chi connectivity index (χ0v) is 19.2. The summed E-state index contributed by atoms with van der Waals surface area (Å²) in [4.78, 5) is 0. The molecule has 0 saturated heterocycles. The lowest BCUT2D eigenvalue weighted by molar-refractivity contribution is 0.0884. The molecule has 0 bridgehead atoms. The Balaban J connectivity index is 1.87. The second-order valence-corrected chi connectivity index (χ2v) is 8.87. The summed E-state index contributed by atoms with van der Waals surface area (Å²) in [5.41, 5.74) is 7.05.